The van der Waals surface area contributed by atoms with Gasteiger partial charge < -0.3 is 15.0 Å². The van der Waals surface area contributed by atoms with Crippen LogP contribution >= 0.6 is 11.3 Å². The first-order valence-corrected chi connectivity index (χ1v) is 12.9. The predicted molar refractivity (Wildman–Crippen MR) is 118 cm³/mol. The lowest BCUT2D eigenvalue weighted by Gasteiger charge is -2.46. The molecule has 4 aliphatic rings. The number of nitrogens with zero attached hydrogens (tertiary/aromatic N) is 1. The van der Waals surface area contributed by atoms with Crippen LogP contribution in [0.1, 0.15) is 60.8 Å². The molecule has 0 unspecified atom stereocenters. The summed E-state index contributed by atoms with van der Waals surface area (Å²) in [7, 11) is 0. The van der Waals surface area contributed by atoms with Gasteiger partial charge in [-0.3, -0.25) is 4.79 Å². The second kappa shape index (κ2) is 8.58. The van der Waals surface area contributed by atoms with E-state index in [0.29, 0.717) is 5.92 Å². The fourth-order valence-electron chi connectivity index (χ4n) is 5.94. The van der Waals surface area contributed by atoms with Crippen molar-refractivity contribution in [1.29, 1.82) is 0 Å². The number of carbonyl (C=O) groups excluding carboxylic acids is 1. The minimum absolute atomic E-state index is 0.0470. The molecule has 178 valence electrons. The molecular weight excluding hydrogens is 437 g/mol. The lowest BCUT2D eigenvalue weighted by molar-refractivity contribution is -0.204. The number of aryl methyl sites for hydroxylation is 1. The van der Waals surface area contributed by atoms with E-state index in [1.54, 1.807) is 0 Å². The molecule has 0 bridgehead atoms. The smallest absolute Gasteiger partial charge is 0.370 e. The molecule has 2 saturated carbocycles. The Morgan fingerprint density at radius 3 is 2.62 bits per heavy atom. The highest BCUT2D eigenvalue weighted by molar-refractivity contribution is 7.12. The number of piperidine rings is 1. The normalized spacial score (nSPS) is 32.1. The molecule has 1 aromatic heterocycles. The number of hydrogen-bond acceptors (Lipinski definition) is 4. The van der Waals surface area contributed by atoms with Crippen molar-refractivity contribution < 1.29 is 22.7 Å². The van der Waals surface area contributed by atoms with Crippen molar-refractivity contribution in [3.05, 3.63) is 21.4 Å². The summed E-state index contributed by atoms with van der Waals surface area (Å²) < 4.78 is 44.2. The zero-order valence-corrected chi connectivity index (χ0v) is 19.5. The number of likely N-dealkylation sites (tertiary alicyclic amines) is 1. The van der Waals surface area contributed by atoms with E-state index in [0.717, 1.165) is 64.8 Å². The van der Waals surface area contributed by atoms with Gasteiger partial charge in [-0.05, 0) is 62.5 Å². The molecule has 1 spiro atoms. The first-order chi connectivity index (χ1) is 15.3. The molecule has 8 heteroatoms. The zero-order valence-electron chi connectivity index (χ0n) is 18.7. The van der Waals surface area contributed by atoms with Gasteiger partial charge in [0.15, 0.2) is 0 Å². The van der Waals surface area contributed by atoms with Crippen molar-refractivity contribution in [1.82, 2.24) is 10.2 Å². The van der Waals surface area contributed by atoms with Gasteiger partial charge in [0, 0.05) is 47.8 Å². The van der Waals surface area contributed by atoms with Gasteiger partial charge in [0.05, 0.1) is 18.1 Å². The topological polar surface area (TPSA) is 41.6 Å². The maximum atomic E-state index is 12.6. The number of hydrogen-bond donors (Lipinski definition) is 1. The molecule has 4 nitrogen and oxygen atoms in total. The molecule has 2 aliphatic carbocycles. The lowest BCUT2D eigenvalue weighted by Crippen LogP contribution is -2.53. The Labute approximate surface area is 191 Å². The van der Waals surface area contributed by atoms with E-state index in [1.165, 1.54) is 15.3 Å². The van der Waals surface area contributed by atoms with E-state index in [-0.39, 0.29) is 30.4 Å². The fraction of sp³-hybridized carbons (Fsp3) is 0.792. The third kappa shape index (κ3) is 4.34. The van der Waals surface area contributed by atoms with Crippen LogP contribution in [-0.2, 0) is 28.0 Å². The average Bonchev–Trinajstić information content (AvgIpc) is 3.11. The predicted octanol–water partition coefficient (Wildman–Crippen LogP) is 4.66. The van der Waals surface area contributed by atoms with E-state index >= 15 is 0 Å². The molecule has 3 heterocycles. The molecule has 1 N–H and O–H groups in total. The maximum Gasteiger partial charge on any atom is 0.391 e. The summed E-state index contributed by atoms with van der Waals surface area (Å²) in [4.78, 5) is 17.7. The van der Waals surface area contributed by atoms with Gasteiger partial charge in [-0.15, -0.1) is 11.3 Å². The highest BCUT2D eigenvalue weighted by Crippen LogP contribution is 2.46. The number of carbonyl (C=O) groups is 1. The van der Waals surface area contributed by atoms with Gasteiger partial charge in [-0.25, -0.2) is 0 Å². The van der Waals surface area contributed by atoms with E-state index in [9.17, 15) is 18.0 Å². The number of fused-ring (bicyclic) bond motifs is 2. The summed E-state index contributed by atoms with van der Waals surface area (Å²) >= 11 is 1.96. The summed E-state index contributed by atoms with van der Waals surface area (Å²) in [6.45, 7) is 6.15. The van der Waals surface area contributed by atoms with Crippen LogP contribution in [-0.4, -0.2) is 49.3 Å². The number of halogens is 3. The molecule has 1 aromatic rings. The molecule has 0 atom stereocenters. The standard InChI is InChI=1S/C24H33F3N2O2S/c1-2-19-13-20-21(32-19)3-8-31-23(20)4-6-29(7-5-23)14-15-9-18(10-15)28-22(30)16-11-17(12-16)24(25,26)27/h13,15-18H,2-12,14H2,1H3,(H,28,30). The van der Waals surface area contributed by atoms with Gasteiger partial charge in [-0.2, -0.15) is 13.2 Å². The largest absolute Gasteiger partial charge is 0.391 e. The lowest BCUT2D eigenvalue weighted by atomic mass is 9.73. The molecular formula is C24H33F3N2O2S. The van der Waals surface area contributed by atoms with Crippen LogP contribution in [0.4, 0.5) is 13.2 Å². The van der Waals surface area contributed by atoms with Crippen LogP contribution in [0.15, 0.2) is 6.07 Å². The van der Waals surface area contributed by atoms with Crippen molar-refractivity contribution in [2.75, 3.05) is 26.2 Å². The Balaban J connectivity index is 1.04. The molecule has 1 saturated heterocycles. The minimum atomic E-state index is -4.16. The van der Waals surface area contributed by atoms with Gasteiger partial charge in [-0.1, -0.05) is 6.92 Å². The number of alkyl halides is 3. The fourth-order valence-corrected chi connectivity index (χ4v) is 7.12. The second-order valence-electron chi connectivity index (χ2n) is 10.2. The molecule has 5 rings (SSSR count). The van der Waals surface area contributed by atoms with Gasteiger partial charge in [0.25, 0.3) is 0 Å². The van der Waals surface area contributed by atoms with Crippen LogP contribution in [0.5, 0.6) is 0 Å². The van der Waals surface area contributed by atoms with Crippen LogP contribution in [0.25, 0.3) is 0 Å². The molecule has 0 aromatic carbocycles. The van der Waals surface area contributed by atoms with Gasteiger partial charge in [0.1, 0.15) is 0 Å². The quantitative estimate of drug-likeness (QED) is 0.681. The van der Waals surface area contributed by atoms with Crippen LogP contribution in [0.2, 0.25) is 0 Å². The van der Waals surface area contributed by atoms with Crippen molar-refractivity contribution >= 4 is 17.2 Å². The van der Waals surface area contributed by atoms with Crippen LogP contribution in [0, 0.1) is 17.8 Å². The SMILES string of the molecule is CCc1cc2c(s1)CCOC21CCN(CC2CC(NC(=O)C3CC(C(F)(F)F)C3)C2)CC1. The number of nitrogens with one attached hydrogen (secondary N) is 1. The second-order valence-corrected chi connectivity index (χ2v) is 11.5. The third-order valence-corrected chi connectivity index (χ3v) is 9.48. The molecule has 32 heavy (non-hydrogen) atoms. The van der Waals surface area contributed by atoms with Crippen LogP contribution < -0.4 is 5.32 Å². The number of ether oxygens (including phenoxy) is 1. The first kappa shape index (κ1) is 22.7. The Kier molecular flexibility index (Phi) is 6.08. The van der Waals surface area contributed by atoms with Gasteiger partial charge >= 0.3 is 6.18 Å². The molecule has 0 radical (unpaired) electrons. The highest BCUT2D eigenvalue weighted by atomic mass is 32.1. The van der Waals surface area contributed by atoms with E-state index < -0.39 is 18.0 Å². The Bertz CT molecular complexity index is 835. The van der Waals surface area contributed by atoms with Gasteiger partial charge in [0.2, 0.25) is 5.91 Å². The van der Waals surface area contributed by atoms with Crippen molar-refractivity contribution in [2.45, 2.75) is 76.1 Å². The maximum absolute atomic E-state index is 12.6. The highest BCUT2D eigenvalue weighted by Gasteiger charge is 2.50. The first-order valence-electron chi connectivity index (χ1n) is 12.1. The van der Waals surface area contributed by atoms with E-state index in [1.807, 2.05) is 11.3 Å². The number of thiophene rings is 1. The number of rotatable bonds is 5. The van der Waals surface area contributed by atoms with Crippen molar-refractivity contribution in [3.8, 4) is 0 Å². The monoisotopic (exact) mass is 470 g/mol. The third-order valence-electron chi connectivity index (χ3n) is 8.14. The summed E-state index contributed by atoms with van der Waals surface area (Å²) in [5, 5.41) is 2.98. The molecule has 1 amide bonds. The Morgan fingerprint density at radius 2 is 1.97 bits per heavy atom. The summed E-state index contributed by atoms with van der Waals surface area (Å²) in [6.07, 6.45) is 1.83. The van der Waals surface area contributed by atoms with Crippen molar-refractivity contribution in [3.63, 3.8) is 0 Å². The Morgan fingerprint density at radius 1 is 1.25 bits per heavy atom. The minimum Gasteiger partial charge on any atom is -0.370 e. The molecule has 3 fully saturated rings. The van der Waals surface area contributed by atoms with Crippen molar-refractivity contribution in [2.24, 2.45) is 17.8 Å². The summed E-state index contributed by atoms with van der Waals surface area (Å²) in [5.41, 5.74) is 1.35. The van der Waals surface area contributed by atoms with Crippen LogP contribution in [0.3, 0.4) is 0 Å². The number of amides is 1. The average molecular weight is 471 g/mol. The zero-order chi connectivity index (χ0) is 22.5. The molecule has 2 aliphatic heterocycles. The van der Waals surface area contributed by atoms with E-state index in [4.69, 9.17) is 4.74 Å². The summed E-state index contributed by atoms with van der Waals surface area (Å²) in [5.74, 6) is -1.36. The Hall–Kier alpha value is -1.12. The summed E-state index contributed by atoms with van der Waals surface area (Å²) in [6, 6.07) is 2.52. The van der Waals surface area contributed by atoms with E-state index in [2.05, 4.69) is 23.2 Å².